The molecule has 3 heterocycles. The van der Waals surface area contributed by atoms with Crippen molar-refractivity contribution in [3.05, 3.63) is 41.7 Å². The number of carbonyl (C=O) groups excluding carboxylic acids is 2. The summed E-state index contributed by atoms with van der Waals surface area (Å²) in [4.78, 5) is 33.4. The third-order valence-electron chi connectivity index (χ3n) is 5.76. The highest BCUT2D eigenvalue weighted by Crippen LogP contribution is 2.28. The van der Waals surface area contributed by atoms with Crippen LogP contribution in [0.1, 0.15) is 29.3 Å². The van der Waals surface area contributed by atoms with Gasteiger partial charge in [0.2, 0.25) is 0 Å². The van der Waals surface area contributed by atoms with E-state index < -0.39 is 8.07 Å². The van der Waals surface area contributed by atoms with Gasteiger partial charge in [-0.05, 0) is 30.2 Å². The van der Waals surface area contributed by atoms with Crippen LogP contribution in [-0.4, -0.2) is 58.2 Å². The quantitative estimate of drug-likeness (QED) is 0.184. The van der Waals surface area contributed by atoms with Crippen molar-refractivity contribution in [2.75, 3.05) is 13.2 Å². The van der Waals surface area contributed by atoms with Crippen molar-refractivity contribution < 1.29 is 14.3 Å². The predicted molar refractivity (Wildman–Crippen MR) is 139 cm³/mol. The summed E-state index contributed by atoms with van der Waals surface area (Å²) >= 11 is 0. The van der Waals surface area contributed by atoms with Crippen LogP contribution in [0.2, 0.25) is 25.7 Å². The second-order valence-electron chi connectivity index (χ2n) is 9.87. The molecular formula is C25H32N6O3Si. The van der Waals surface area contributed by atoms with E-state index in [1.165, 1.54) is 0 Å². The van der Waals surface area contributed by atoms with E-state index in [9.17, 15) is 9.59 Å². The number of rotatable bonds is 11. The first-order valence-corrected chi connectivity index (χ1v) is 15.6. The molecule has 35 heavy (non-hydrogen) atoms. The van der Waals surface area contributed by atoms with Gasteiger partial charge in [-0.1, -0.05) is 32.6 Å². The molecule has 0 saturated heterocycles. The zero-order valence-corrected chi connectivity index (χ0v) is 21.7. The number of amides is 1. The maximum atomic E-state index is 12.9. The van der Waals surface area contributed by atoms with Gasteiger partial charge in [-0.15, -0.1) is 0 Å². The first-order valence-electron chi connectivity index (χ1n) is 11.9. The topological polar surface area (TPSA) is 115 Å². The largest absolute Gasteiger partial charge is 0.361 e. The lowest BCUT2D eigenvalue weighted by atomic mass is 10.1. The maximum absolute atomic E-state index is 12.9. The lowest BCUT2D eigenvalue weighted by Crippen LogP contribution is -2.24. The molecule has 0 fully saturated rings. The fourth-order valence-electron chi connectivity index (χ4n) is 3.79. The van der Waals surface area contributed by atoms with E-state index in [1.807, 2.05) is 29.7 Å². The van der Waals surface area contributed by atoms with Crippen LogP contribution in [0.5, 0.6) is 0 Å². The average molecular weight is 493 g/mol. The molecule has 1 amide bonds. The summed E-state index contributed by atoms with van der Waals surface area (Å²) in [5.74, 6) is -0.190. The number of fused-ring (bicyclic) bond motifs is 2. The zero-order chi connectivity index (χ0) is 25.0. The summed E-state index contributed by atoms with van der Waals surface area (Å²) in [6, 6.07) is 6.78. The molecule has 0 aliphatic carbocycles. The summed E-state index contributed by atoms with van der Waals surface area (Å²) in [6.07, 6.45) is 5.47. The van der Waals surface area contributed by atoms with Crippen LogP contribution >= 0.6 is 0 Å². The normalized spacial score (nSPS) is 11.9. The molecule has 0 aliphatic heterocycles. The van der Waals surface area contributed by atoms with Gasteiger partial charge in [-0.3, -0.25) is 9.89 Å². The molecule has 0 bridgehead atoms. The molecule has 0 saturated carbocycles. The summed E-state index contributed by atoms with van der Waals surface area (Å²) in [5.41, 5.74) is 4.46. The number of H-pyrrole nitrogens is 1. The molecular weight excluding hydrogens is 460 g/mol. The molecule has 9 nitrogen and oxygen atoms in total. The molecule has 0 aliphatic rings. The van der Waals surface area contributed by atoms with E-state index >= 15 is 0 Å². The van der Waals surface area contributed by atoms with Crippen LogP contribution in [0.3, 0.4) is 0 Å². The number of aldehydes is 1. The lowest BCUT2D eigenvalue weighted by Gasteiger charge is -2.15. The average Bonchev–Trinajstić information content (AvgIpc) is 3.41. The second-order valence-corrected chi connectivity index (χ2v) is 15.5. The van der Waals surface area contributed by atoms with E-state index in [0.717, 1.165) is 35.2 Å². The molecule has 2 N–H and O–H groups in total. The van der Waals surface area contributed by atoms with Gasteiger partial charge in [0.25, 0.3) is 5.91 Å². The van der Waals surface area contributed by atoms with Crippen molar-refractivity contribution >= 4 is 42.3 Å². The SMILES string of the molecule is CCCNC(=O)c1cn(COCC[Si](C)(C)C)c2ncc(-c3n[nH]c4ccc(CC=O)cc34)nc12. The third-order valence-corrected chi connectivity index (χ3v) is 7.47. The number of hydrogen-bond acceptors (Lipinski definition) is 6. The Kier molecular flexibility index (Phi) is 7.41. The van der Waals surface area contributed by atoms with Gasteiger partial charge < -0.3 is 19.4 Å². The van der Waals surface area contributed by atoms with Gasteiger partial charge in [-0.25, -0.2) is 9.97 Å². The fraction of sp³-hybridized carbons (Fsp3) is 0.400. The molecule has 0 atom stereocenters. The van der Waals surface area contributed by atoms with Crippen LogP contribution in [0.15, 0.2) is 30.6 Å². The Labute approximate surface area is 205 Å². The molecule has 184 valence electrons. The number of hydrogen-bond donors (Lipinski definition) is 2. The smallest absolute Gasteiger partial charge is 0.255 e. The minimum atomic E-state index is -1.20. The van der Waals surface area contributed by atoms with Crippen LogP contribution < -0.4 is 5.32 Å². The Bertz CT molecular complexity index is 1350. The molecule has 0 radical (unpaired) electrons. The Morgan fingerprint density at radius 3 is 2.86 bits per heavy atom. The lowest BCUT2D eigenvalue weighted by molar-refractivity contribution is -0.107. The molecule has 0 unspecified atom stereocenters. The first-order chi connectivity index (χ1) is 16.8. The van der Waals surface area contributed by atoms with Crippen molar-refractivity contribution in [1.82, 2.24) is 30.0 Å². The van der Waals surface area contributed by atoms with Crippen molar-refractivity contribution in [3.63, 3.8) is 0 Å². The molecule has 3 aromatic heterocycles. The zero-order valence-electron chi connectivity index (χ0n) is 20.7. The standard InChI is InChI=1S/C25H32N6O3Si/c1-5-9-26-25(33)19-15-31(16-34-11-12-35(2,3)4)24-23(19)28-21(14-27-24)22-18-13-17(8-10-32)6-7-20(18)29-30-22/h6-7,10,13-15H,5,8-9,11-12,16H2,1-4H3,(H,26,33)(H,29,30). The number of nitrogens with one attached hydrogen (secondary N) is 2. The van der Waals surface area contributed by atoms with E-state index in [-0.39, 0.29) is 5.91 Å². The molecule has 0 spiro atoms. The molecule has 10 heteroatoms. The molecule has 4 rings (SSSR count). The van der Waals surface area contributed by atoms with Crippen molar-refractivity contribution in [3.8, 4) is 11.4 Å². The van der Waals surface area contributed by atoms with Gasteiger partial charge >= 0.3 is 0 Å². The van der Waals surface area contributed by atoms with Crippen LogP contribution in [-0.2, 0) is 22.7 Å². The number of ether oxygens (including phenoxy) is 1. The van der Waals surface area contributed by atoms with Crippen LogP contribution in [0.4, 0.5) is 0 Å². The van der Waals surface area contributed by atoms with E-state index in [4.69, 9.17) is 9.72 Å². The van der Waals surface area contributed by atoms with Gasteiger partial charge in [-0.2, -0.15) is 5.10 Å². The number of carbonyl (C=O) groups is 2. The summed E-state index contributed by atoms with van der Waals surface area (Å²) < 4.78 is 7.76. The molecule has 4 aromatic rings. The number of nitrogens with zero attached hydrogens (tertiary/aromatic N) is 4. The number of aromatic nitrogens is 5. The Morgan fingerprint density at radius 1 is 1.29 bits per heavy atom. The number of aromatic amines is 1. The highest BCUT2D eigenvalue weighted by atomic mass is 28.3. The maximum Gasteiger partial charge on any atom is 0.255 e. The van der Waals surface area contributed by atoms with Gasteiger partial charge in [0, 0.05) is 39.2 Å². The molecule has 1 aromatic carbocycles. The van der Waals surface area contributed by atoms with Crippen molar-refractivity contribution in [2.45, 2.75) is 52.2 Å². The number of benzene rings is 1. The predicted octanol–water partition coefficient (Wildman–Crippen LogP) is 4.17. The minimum absolute atomic E-state index is 0.190. The van der Waals surface area contributed by atoms with Crippen molar-refractivity contribution in [1.29, 1.82) is 0 Å². The van der Waals surface area contributed by atoms with E-state index in [1.54, 1.807) is 12.4 Å². The van der Waals surface area contributed by atoms with E-state index in [0.29, 0.717) is 54.4 Å². The van der Waals surface area contributed by atoms with Crippen molar-refractivity contribution in [2.24, 2.45) is 0 Å². The highest BCUT2D eigenvalue weighted by Gasteiger charge is 2.20. The van der Waals surface area contributed by atoms with Gasteiger partial charge in [0.15, 0.2) is 5.65 Å². The van der Waals surface area contributed by atoms with Crippen LogP contribution in [0, 0.1) is 0 Å². The van der Waals surface area contributed by atoms with E-state index in [2.05, 4.69) is 40.1 Å². The van der Waals surface area contributed by atoms with Gasteiger partial charge in [0.1, 0.15) is 29.9 Å². The van der Waals surface area contributed by atoms with Gasteiger partial charge in [0.05, 0.1) is 17.3 Å². The summed E-state index contributed by atoms with van der Waals surface area (Å²) in [5, 5.41) is 11.2. The Hall–Kier alpha value is -3.37. The third kappa shape index (κ3) is 5.65. The fourth-order valence-corrected chi connectivity index (χ4v) is 4.54. The summed E-state index contributed by atoms with van der Waals surface area (Å²) in [7, 11) is -1.20. The van der Waals surface area contributed by atoms with Crippen LogP contribution in [0.25, 0.3) is 33.5 Å². The highest BCUT2D eigenvalue weighted by molar-refractivity contribution is 6.76. The Balaban J connectivity index is 1.72. The minimum Gasteiger partial charge on any atom is -0.361 e. The Morgan fingerprint density at radius 2 is 2.11 bits per heavy atom. The second kappa shape index (κ2) is 10.5. The monoisotopic (exact) mass is 492 g/mol. The summed E-state index contributed by atoms with van der Waals surface area (Å²) in [6.45, 7) is 10.5. The first kappa shape index (κ1) is 24.7.